The zero-order chi connectivity index (χ0) is 30.0. The number of nitrogens with zero attached hydrogens (tertiary/aromatic N) is 2. The van der Waals surface area contributed by atoms with Gasteiger partial charge < -0.3 is 13.9 Å². The summed E-state index contributed by atoms with van der Waals surface area (Å²) in [6.07, 6.45) is 6.72. The number of benzene rings is 3. The SMILES string of the molecule is CC(C)[Si](OCCc1ccc(C(=O)c2cn(CC3CCCCN3C)c3ccccc23)c2ccccc12)(C(C)C)C(C)C. The fraction of sp³-hybridized carbons (Fsp3) is 0.486. The van der Waals surface area contributed by atoms with Gasteiger partial charge in [0.15, 0.2) is 14.1 Å². The van der Waals surface area contributed by atoms with E-state index in [4.69, 9.17) is 4.43 Å². The predicted octanol–water partition coefficient (Wildman–Crippen LogP) is 9.24. The number of hydrogen-bond acceptors (Lipinski definition) is 3. The molecular weight excluding hydrogens is 533 g/mol. The maximum Gasteiger partial charge on any atom is 0.200 e. The summed E-state index contributed by atoms with van der Waals surface area (Å²) in [5, 5.41) is 3.23. The van der Waals surface area contributed by atoms with Crippen LogP contribution in [0.25, 0.3) is 21.7 Å². The molecule has 0 spiro atoms. The molecule has 1 saturated heterocycles. The molecule has 224 valence electrons. The molecule has 0 amide bonds. The van der Waals surface area contributed by atoms with Gasteiger partial charge in [0.05, 0.1) is 0 Å². The van der Waals surface area contributed by atoms with Gasteiger partial charge in [-0.25, -0.2) is 0 Å². The number of likely N-dealkylation sites (tertiary alicyclic amines) is 1. The number of fused-ring (bicyclic) bond motifs is 2. The number of likely N-dealkylation sites (N-methyl/N-ethyl adjacent to an activating group) is 1. The van der Waals surface area contributed by atoms with Crippen molar-refractivity contribution in [1.29, 1.82) is 0 Å². The number of aromatic nitrogens is 1. The highest BCUT2D eigenvalue weighted by Crippen LogP contribution is 2.42. The molecule has 5 heteroatoms. The Morgan fingerprint density at radius 3 is 2.14 bits per heavy atom. The Morgan fingerprint density at radius 2 is 1.48 bits per heavy atom. The average molecular weight is 583 g/mol. The predicted molar refractivity (Wildman–Crippen MR) is 180 cm³/mol. The van der Waals surface area contributed by atoms with E-state index in [0.29, 0.717) is 22.7 Å². The highest BCUT2D eigenvalue weighted by Gasteiger charge is 2.44. The molecule has 42 heavy (non-hydrogen) atoms. The maximum absolute atomic E-state index is 14.3. The second kappa shape index (κ2) is 12.9. The van der Waals surface area contributed by atoms with Crippen LogP contribution in [0.5, 0.6) is 0 Å². The van der Waals surface area contributed by atoms with Crippen LogP contribution < -0.4 is 0 Å². The second-order valence-corrected chi connectivity index (χ2v) is 18.9. The molecule has 1 aliphatic heterocycles. The van der Waals surface area contributed by atoms with Gasteiger partial charge in [0.2, 0.25) is 0 Å². The van der Waals surface area contributed by atoms with Crippen LogP contribution in [-0.4, -0.2) is 49.8 Å². The summed E-state index contributed by atoms with van der Waals surface area (Å²) in [6, 6.07) is 21.5. The van der Waals surface area contributed by atoms with E-state index in [2.05, 4.69) is 119 Å². The van der Waals surface area contributed by atoms with Crippen molar-refractivity contribution in [3.05, 3.63) is 83.6 Å². The Balaban J connectivity index is 1.45. The molecule has 0 bridgehead atoms. The van der Waals surface area contributed by atoms with E-state index < -0.39 is 8.32 Å². The Kier molecular flexibility index (Phi) is 9.41. The smallest absolute Gasteiger partial charge is 0.200 e. The van der Waals surface area contributed by atoms with Crippen LogP contribution in [-0.2, 0) is 17.4 Å². The molecule has 0 aliphatic carbocycles. The van der Waals surface area contributed by atoms with E-state index in [1.807, 2.05) is 6.07 Å². The van der Waals surface area contributed by atoms with E-state index in [1.54, 1.807) is 0 Å². The molecule has 4 aromatic rings. The monoisotopic (exact) mass is 582 g/mol. The molecule has 0 radical (unpaired) electrons. The molecular formula is C37H50N2O2Si. The lowest BCUT2D eigenvalue weighted by molar-refractivity contribution is 0.104. The van der Waals surface area contributed by atoms with Crippen molar-refractivity contribution in [2.24, 2.45) is 0 Å². The molecule has 1 aliphatic rings. The zero-order valence-corrected chi connectivity index (χ0v) is 27.8. The lowest BCUT2D eigenvalue weighted by Crippen LogP contribution is -2.48. The first-order valence-corrected chi connectivity index (χ1v) is 18.3. The third kappa shape index (κ3) is 5.76. The van der Waals surface area contributed by atoms with E-state index in [1.165, 1.54) is 24.8 Å². The minimum atomic E-state index is -1.93. The molecule has 4 nitrogen and oxygen atoms in total. The molecule has 0 N–H and O–H groups in total. The summed E-state index contributed by atoms with van der Waals surface area (Å²) >= 11 is 0. The normalized spacial score (nSPS) is 16.9. The first-order valence-electron chi connectivity index (χ1n) is 16.1. The second-order valence-electron chi connectivity index (χ2n) is 13.4. The highest BCUT2D eigenvalue weighted by atomic mass is 28.4. The van der Waals surface area contributed by atoms with Crippen LogP contribution in [0.2, 0.25) is 16.6 Å². The van der Waals surface area contributed by atoms with Crippen LogP contribution in [0, 0.1) is 0 Å². The quantitative estimate of drug-likeness (QED) is 0.131. The van der Waals surface area contributed by atoms with Gasteiger partial charge in [-0.15, -0.1) is 0 Å². The molecule has 0 saturated carbocycles. The Hall–Kier alpha value is -2.73. The zero-order valence-electron chi connectivity index (χ0n) is 26.8. The molecule has 1 aromatic heterocycles. The summed E-state index contributed by atoms with van der Waals surface area (Å²) in [4.78, 5) is 16.8. The van der Waals surface area contributed by atoms with Crippen molar-refractivity contribution in [3.63, 3.8) is 0 Å². The van der Waals surface area contributed by atoms with Crippen LogP contribution in [0.15, 0.2) is 66.9 Å². The molecule has 3 aromatic carbocycles. The molecule has 2 heterocycles. The molecule has 1 unspecified atom stereocenters. The highest BCUT2D eigenvalue weighted by molar-refractivity contribution is 6.77. The van der Waals surface area contributed by atoms with Gasteiger partial charge in [0.25, 0.3) is 0 Å². The number of ketones is 1. The van der Waals surface area contributed by atoms with E-state index in [0.717, 1.165) is 58.9 Å². The van der Waals surface area contributed by atoms with Crippen molar-refractivity contribution in [3.8, 4) is 0 Å². The third-order valence-corrected chi connectivity index (χ3v) is 16.2. The van der Waals surface area contributed by atoms with E-state index in [9.17, 15) is 4.79 Å². The van der Waals surface area contributed by atoms with Gasteiger partial charge in [-0.1, -0.05) is 103 Å². The summed E-state index contributed by atoms with van der Waals surface area (Å²) < 4.78 is 9.22. The molecule has 5 rings (SSSR count). The minimum absolute atomic E-state index is 0.104. The Morgan fingerprint density at radius 1 is 0.833 bits per heavy atom. The Bertz CT molecular complexity index is 1510. The van der Waals surface area contributed by atoms with Crippen molar-refractivity contribution < 1.29 is 9.22 Å². The summed E-state index contributed by atoms with van der Waals surface area (Å²) in [5.41, 5.74) is 5.67. The lowest BCUT2D eigenvalue weighted by atomic mass is 9.93. The standard InChI is InChI=1S/C37H50N2O2Si/c1-26(2)42(27(3)4,28(5)6)41-23-21-29-19-20-34(32-16-9-8-15-31(29)32)37(40)35-25-39(36-18-11-10-17-33(35)36)24-30-14-12-13-22-38(30)7/h8-11,15-20,25-28,30H,12-14,21-24H2,1-7H3. The molecule has 1 atom stereocenters. The van der Waals surface area contributed by atoms with Crippen LogP contribution in [0.3, 0.4) is 0 Å². The maximum atomic E-state index is 14.3. The van der Waals surface area contributed by atoms with E-state index >= 15 is 0 Å². The number of para-hydroxylation sites is 1. The number of carbonyl (C=O) groups is 1. The number of carbonyl (C=O) groups excluding carboxylic acids is 1. The molecule has 1 fully saturated rings. The largest absolute Gasteiger partial charge is 0.416 e. The number of rotatable bonds is 11. The van der Waals surface area contributed by atoms with Gasteiger partial charge in [0.1, 0.15) is 0 Å². The number of piperidine rings is 1. The van der Waals surface area contributed by atoms with Crippen LogP contribution in [0.4, 0.5) is 0 Å². The first-order chi connectivity index (χ1) is 20.1. The van der Waals surface area contributed by atoms with E-state index in [-0.39, 0.29) is 5.78 Å². The average Bonchev–Trinajstić information content (AvgIpc) is 3.34. The van der Waals surface area contributed by atoms with Crippen molar-refractivity contribution in [1.82, 2.24) is 9.47 Å². The van der Waals surface area contributed by atoms with Crippen molar-refractivity contribution >= 4 is 35.8 Å². The van der Waals surface area contributed by atoms with Gasteiger partial charge in [-0.2, -0.15) is 0 Å². The fourth-order valence-electron chi connectivity index (χ4n) is 7.94. The first kappa shape index (κ1) is 30.7. The number of hydrogen-bond donors (Lipinski definition) is 0. The lowest BCUT2D eigenvalue weighted by Gasteiger charge is -2.42. The fourth-order valence-corrected chi connectivity index (χ4v) is 13.4. The minimum Gasteiger partial charge on any atom is -0.416 e. The van der Waals surface area contributed by atoms with Gasteiger partial charge in [0, 0.05) is 47.4 Å². The topological polar surface area (TPSA) is 34.5 Å². The van der Waals surface area contributed by atoms with Gasteiger partial charge in [-0.3, -0.25) is 4.79 Å². The van der Waals surface area contributed by atoms with Crippen molar-refractivity contribution in [2.45, 2.75) is 96.4 Å². The van der Waals surface area contributed by atoms with Crippen LogP contribution >= 0.6 is 0 Å². The van der Waals surface area contributed by atoms with Crippen molar-refractivity contribution in [2.75, 3.05) is 20.2 Å². The summed E-state index contributed by atoms with van der Waals surface area (Å²) in [5.74, 6) is 0.104. The van der Waals surface area contributed by atoms with Crippen LogP contribution in [0.1, 0.15) is 82.3 Å². The summed E-state index contributed by atoms with van der Waals surface area (Å²) in [6.45, 7) is 16.8. The third-order valence-electron chi connectivity index (χ3n) is 10.1. The van der Waals surface area contributed by atoms with Gasteiger partial charge >= 0.3 is 0 Å². The Labute approximate surface area is 254 Å². The van der Waals surface area contributed by atoms with Gasteiger partial charge in [-0.05, 0) is 71.9 Å². The summed E-state index contributed by atoms with van der Waals surface area (Å²) in [7, 11) is 0.307.